The van der Waals surface area contributed by atoms with Crippen LogP contribution in [0, 0.1) is 0 Å². The van der Waals surface area contributed by atoms with E-state index in [1.165, 1.54) is 11.1 Å². The minimum atomic E-state index is -0.152. The van der Waals surface area contributed by atoms with Crippen LogP contribution in [0.4, 0.5) is 0 Å². The molecule has 4 nitrogen and oxygen atoms in total. The Bertz CT molecular complexity index is 497. The maximum absolute atomic E-state index is 12.4. The number of aryl methyl sites for hydroxylation is 1. The molecule has 1 fully saturated rings. The molecule has 21 heavy (non-hydrogen) atoms. The monoisotopic (exact) mass is 288 g/mol. The number of hydrogen-bond donors (Lipinski definition) is 1. The zero-order chi connectivity index (χ0) is 14.7. The first-order valence-electron chi connectivity index (χ1n) is 7.99. The lowest BCUT2D eigenvalue weighted by Gasteiger charge is -2.33. The number of benzene rings is 1. The van der Waals surface area contributed by atoms with Gasteiger partial charge in [-0.25, -0.2) is 0 Å². The van der Waals surface area contributed by atoms with Crippen LogP contribution in [0.5, 0.6) is 0 Å². The first kappa shape index (κ1) is 14.5. The largest absolute Gasteiger partial charge is 0.456 e. The molecule has 0 radical (unpaired) electrons. The Hall–Kier alpha value is -1.39. The fourth-order valence-corrected chi connectivity index (χ4v) is 3.29. The molecular weight excluding hydrogens is 264 g/mol. The van der Waals surface area contributed by atoms with Crippen LogP contribution in [0.25, 0.3) is 0 Å². The number of piperazine rings is 1. The Balaban J connectivity index is 1.65. The van der Waals surface area contributed by atoms with Crippen molar-refractivity contribution in [2.75, 3.05) is 26.2 Å². The number of nitrogens with zero attached hydrogens (tertiary/aromatic N) is 1. The Kier molecular flexibility index (Phi) is 4.56. The molecule has 1 aromatic rings. The number of nitrogens with one attached hydrogen (secondary N) is 1. The highest BCUT2D eigenvalue weighted by atomic mass is 16.5. The van der Waals surface area contributed by atoms with E-state index < -0.39 is 0 Å². The number of carbonyl (C=O) groups is 1. The summed E-state index contributed by atoms with van der Waals surface area (Å²) in [6, 6.07) is 8.19. The van der Waals surface area contributed by atoms with Gasteiger partial charge in [-0.1, -0.05) is 24.3 Å². The van der Waals surface area contributed by atoms with E-state index in [0.29, 0.717) is 0 Å². The van der Waals surface area contributed by atoms with Gasteiger partial charge in [-0.05, 0) is 37.3 Å². The van der Waals surface area contributed by atoms with Gasteiger partial charge in [-0.3, -0.25) is 9.69 Å². The Morgan fingerprint density at radius 1 is 1.33 bits per heavy atom. The number of esters is 1. The third kappa shape index (κ3) is 3.27. The van der Waals surface area contributed by atoms with Crippen molar-refractivity contribution in [3.8, 4) is 0 Å². The van der Waals surface area contributed by atoms with Gasteiger partial charge < -0.3 is 10.1 Å². The number of carbonyl (C=O) groups excluding carboxylic acids is 1. The van der Waals surface area contributed by atoms with Gasteiger partial charge in [0.2, 0.25) is 0 Å². The zero-order valence-corrected chi connectivity index (χ0v) is 12.7. The highest BCUT2D eigenvalue weighted by Gasteiger charge is 2.28. The van der Waals surface area contributed by atoms with E-state index in [0.717, 1.165) is 45.4 Å². The van der Waals surface area contributed by atoms with Crippen molar-refractivity contribution in [2.24, 2.45) is 0 Å². The lowest BCUT2D eigenvalue weighted by molar-refractivity contribution is -0.156. The van der Waals surface area contributed by atoms with Crippen LogP contribution in [0.15, 0.2) is 24.3 Å². The van der Waals surface area contributed by atoms with Gasteiger partial charge in [0.25, 0.3) is 0 Å². The predicted octanol–water partition coefficient (Wildman–Crippen LogP) is 1.90. The molecule has 3 rings (SSSR count). The molecule has 4 heteroatoms. The van der Waals surface area contributed by atoms with E-state index >= 15 is 0 Å². The molecule has 1 aliphatic carbocycles. The molecule has 1 N–H and O–H groups in total. The molecule has 0 amide bonds. The van der Waals surface area contributed by atoms with Crippen LogP contribution in [0.2, 0.25) is 0 Å². The molecule has 1 aliphatic heterocycles. The van der Waals surface area contributed by atoms with E-state index in [4.69, 9.17) is 4.74 Å². The van der Waals surface area contributed by atoms with Gasteiger partial charge in [0.1, 0.15) is 12.1 Å². The van der Waals surface area contributed by atoms with Crippen molar-refractivity contribution in [3.63, 3.8) is 0 Å². The molecule has 1 aromatic carbocycles. The summed E-state index contributed by atoms with van der Waals surface area (Å²) in [5.41, 5.74) is 2.53. The lowest BCUT2D eigenvalue weighted by atomic mass is 9.89. The van der Waals surface area contributed by atoms with Crippen LogP contribution >= 0.6 is 0 Å². The minimum Gasteiger partial charge on any atom is -0.456 e. The molecule has 0 spiro atoms. The fourth-order valence-electron chi connectivity index (χ4n) is 3.29. The standard InChI is InChI=1S/C17H24N2O2/c1-13(19-11-9-18-10-12-19)17(20)21-16-8-4-6-14-5-2-3-7-15(14)16/h2-3,5,7,13,16,18H,4,6,8-12H2,1H3. The second-order valence-corrected chi connectivity index (χ2v) is 5.98. The van der Waals surface area contributed by atoms with Gasteiger partial charge in [-0.15, -0.1) is 0 Å². The summed E-state index contributed by atoms with van der Waals surface area (Å²) in [7, 11) is 0. The van der Waals surface area contributed by atoms with Crippen molar-refractivity contribution in [1.82, 2.24) is 10.2 Å². The molecule has 1 saturated heterocycles. The van der Waals surface area contributed by atoms with Crippen molar-refractivity contribution in [1.29, 1.82) is 0 Å². The molecule has 0 bridgehead atoms. The molecule has 114 valence electrons. The van der Waals surface area contributed by atoms with Gasteiger partial charge in [0.15, 0.2) is 0 Å². The number of fused-ring (bicyclic) bond motifs is 1. The van der Waals surface area contributed by atoms with E-state index in [1.54, 1.807) is 0 Å². The molecular formula is C17H24N2O2. The SMILES string of the molecule is CC(C(=O)OC1CCCc2ccccc21)N1CCNCC1. The highest BCUT2D eigenvalue weighted by Crippen LogP contribution is 2.32. The Morgan fingerprint density at radius 2 is 2.10 bits per heavy atom. The van der Waals surface area contributed by atoms with Crippen molar-refractivity contribution >= 4 is 5.97 Å². The molecule has 2 aliphatic rings. The Morgan fingerprint density at radius 3 is 2.90 bits per heavy atom. The quantitative estimate of drug-likeness (QED) is 0.863. The van der Waals surface area contributed by atoms with Crippen molar-refractivity contribution in [2.45, 2.75) is 38.3 Å². The van der Waals surface area contributed by atoms with E-state index in [1.807, 2.05) is 13.0 Å². The van der Waals surface area contributed by atoms with Crippen LogP contribution in [-0.4, -0.2) is 43.1 Å². The summed E-state index contributed by atoms with van der Waals surface area (Å²) in [5, 5.41) is 3.31. The van der Waals surface area contributed by atoms with Crippen LogP contribution in [-0.2, 0) is 16.0 Å². The summed E-state index contributed by atoms with van der Waals surface area (Å²) in [4.78, 5) is 14.6. The second-order valence-electron chi connectivity index (χ2n) is 5.98. The summed E-state index contributed by atoms with van der Waals surface area (Å²) < 4.78 is 5.83. The third-order valence-corrected chi connectivity index (χ3v) is 4.61. The molecule has 2 unspecified atom stereocenters. The summed E-state index contributed by atoms with van der Waals surface area (Å²) >= 11 is 0. The second kappa shape index (κ2) is 6.58. The van der Waals surface area contributed by atoms with Gasteiger partial charge >= 0.3 is 5.97 Å². The number of rotatable bonds is 3. The van der Waals surface area contributed by atoms with E-state index in [2.05, 4.69) is 28.4 Å². The average molecular weight is 288 g/mol. The first-order valence-corrected chi connectivity index (χ1v) is 7.99. The summed E-state index contributed by atoms with van der Waals surface area (Å²) in [6.07, 6.45) is 3.07. The van der Waals surface area contributed by atoms with E-state index in [-0.39, 0.29) is 18.1 Å². The maximum Gasteiger partial charge on any atom is 0.323 e. The molecule has 1 heterocycles. The van der Waals surface area contributed by atoms with Crippen LogP contribution in [0.1, 0.15) is 37.0 Å². The Labute approximate surface area is 126 Å². The highest BCUT2D eigenvalue weighted by molar-refractivity contribution is 5.75. The van der Waals surface area contributed by atoms with Gasteiger partial charge in [0, 0.05) is 26.2 Å². The van der Waals surface area contributed by atoms with Crippen molar-refractivity contribution in [3.05, 3.63) is 35.4 Å². The van der Waals surface area contributed by atoms with Crippen LogP contribution in [0.3, 0.4) is 0 Å². The number of ether oxygens (including phenoxy) is 1. The lowest BCUT2D eigenvalue weighted by Crippen LogP contribution is -2.50. The van der Waals surface area contributed by atoms with E-state index in [9.17, 15) is 4.79 Å². The zero-order valence-electron chi connectivity index (χ0n) is 12.7. The summed E-state index contributed by atoms with van der Waals surface area (Å²) in [6.45, 7) is 5.69. The number of hydrogen-bond acceptors (Lipinski definition) is 4. The average Bonchev–Trinajstić information content (AvgIpc) is 2.55. The molecule has 0 saturated carbocycles. The van der Waals surface area contributed by atoms with Gasteiger partial charge in [0.05, 0.1) is 0 Å². The normalized spacial score (nSPS) is 24.1. The molecule has 2 atom stereocenters. The molecule has 0 aromatic heterocycles. The maximum atomic E-state index is 12.4. The summed E-state index contributed by atoms with van der Waals surface area (Å²) in [5.74, 6) is -0.0846. The van der Waals surface area contributed by atoms with Crippen LogP contribution < -0.4 is 5.32 Å². The van der Waals surface area contributed by atoms with Gasteiger partial charge in [-0.2, -0.15) is 0 Å². The van der Waals surface area contributed by atoms with Crippen molar-refractivity contribution < 1.29 is 9.53 Å². The topological polar surface area (TPSA) is 41.6 Å². The fraction of sp³-hybridized carbons (Fsp3) is 0.588. The third-order valence-electron chi connectivity index (χ3n) is 4.61. The minimum absolute atomic E-state index is 0.0622. The first-order chi connectivity index (χ1) is 10.3. The smallest absolute Gasteiger partial charge is 0.323 e. The predicted molar refractivity (Wildman–Crippen MR) is 82.1 cm³/mol.